The number of anilines is 1. The van der Waals surface area contributed by atoms with Crippen molar-refractivity contribution in [3.63, 3.8) is 0 Å². The summed E-state index contributed by atoms with van der Waals surface area (Å²) in [6.45, 7) is 11.0. The van der Waals surface area contributed by atoms with Crippen LogP contribution in [0.15, 0.2) is 83.9 Å². The number of hydrogen-bond donors (Lipinski definition) is 2. The molecule has 0 spiro atoms. The predicted octanol–water partition coefficient (Wildman–Crippen LogP) is 6.08. The van der Waals surface area contributed by atoms with Crippen LogP contribution in [0.2, 0.25) is 5.02 Å². The molecular formula is C26H32ClN5O. The van der Waals surface area contributed by atoms with Gasteiger partial charge in [-0.3, -0.25) is 9.48 Å². The van der Waals surface area contributed by atoms with Crippen molar-refractivity contribution in [3.05, 3.63) is 94.5 Å². The fourth-order valence-electron chi connectivity index (χ4n) is 3.51. The summed E-state index contributed by atoms with van der Waals surface area (Å²) in [7, 11) is 3.79. The SMILES string of the molecule is C=C/C(Nc1ccnn1C)=C(/C(C)=N)C(c1ccc(Cl)cc1)N(C)C(/C=C(/C)C(C)=O)=C/C. The molecule has 0 radical (unpaired) electrons. The van der Waals surface area contributed by atoms with Crippen molar-refractivity contribution in [2.45, 2.75) is 33.7 Å². The minimum atomic E-state index is -0.351. The van der Waals surface area contributed by atoms with Crippen molar-refractivity contribution in [1.82, 2.24) is 14.7 Å². The minimum Gasteiger partial charge on any atom is -0.364 e. The van der Waals surface area contributed by atoms with Gasteiger partial charge in [-0.05, 0) is 63.1 Å². The molecule has 0 aliphatic carbocycles. The first-order valence-corrected chi connectivity index (χ1v) is 11.0. The van der Waals surface area contributed by atoms with Crippen molar-refractivity contribution in [2.75, 3.05) is 12.4 Å². The first-order valence-electron chi connectivity index (χ1n) is 10.6. The lowest BCUT2D eigenvalue weighted by Gasteiger charge is -2.34. The quantitative estimate of drug-likeness (QED) is 0.253. The summed E-state index contributed by atoms with van der Waals surface area (Å²) in [5, 5.41) is 16.9. The van der Waals surface area contributed by atoms with Crippen molar-refractivity contribution < 1.29 is 4.79 Å². The molecule has 0 saturated carbocycles. The highest BCUT2D eigenvalue weighted by molar-refractivity contribution is 6.30. The molecule has 0 amide bonds. The van der Waals surface area contributed by atoms with E-state index < -0.39 is 0 Å². The van der Waals surface area contributed by atoms with Crippen LogP contribution in [0.5, 0.6) is 0 Å². The summed E-state index contributed by atoms with van der Waals surface area (Å²) >= 11 is 6.17. The highest BCUT2D eigenvalue weighted by atomic mass is 35.5. The smallest absolute Gasteiger partial charge is 0.155 e. The van der Waals surface area contributed by atoms with Crippen molar-refractivity contribution >= 4 is 28.9 Å². The number of nitrogens with one attached hydrogen (secondary N) is 2. The van der Waals surface area contributed by atoms with Gasteiger partial charge in [-0.15, -0.1) is 0 Å². The molecule has 1 heterocycles. The third-order valence-corrected chi connectivity index (χ3v) is 5.70. The van der Waals surface area contributed by atoms with Gasteiger partial charge in [0, 0.05) is 47.9 Å². The topological polar surface area (TPSA) is 74.0 Å². The Morgan fingerprint density at radius 2 is 1.88 bits per heavy atom. The Balaban J connectivity index is 2.75. The van der Waals surface area contributed by atoms with Crippen LogP contribution in [0.1, 0.15) is 39.3 Å². The zero-order valence-electron chi connectivity index (χ0n) is 20.1. The number of hydrogen-bond acceptors (Lipinski definition) is 5. The molecule has 0 aliphatic heterocycles. The number of halogens is 1. The van der Waals surface area contributed by atoms with Gasteiger partial charge in [0.1, 0.15) is 5.82 Å². The van der Waals surface area contributed by atoms with E-state index in [1.807, 2.05) is 63.5 Å². The minimum absolute atomic E-state index is 0.00875. The van der Waals surface area contributed by atoms with E-state index in [0.29, 0.717) is 22.0 Å². The number of nitrogens with zero attached hydrogens (tertiary/aromatic N) is 3. The molecule has 174 valence electrons. The normalized spacial score (nSPS) is 13.8. The molecule has 6 nitrogen and oxygen atoms in total. The Labute approximate surface area is 201 Å². The Kier molecular flexibility index (Phi) is 9.00. The number of likely N-dealkylation sites (N-methyl/N-ethyl adjacent to an activating group) is 1. The average Bonchev–Trinajstić information content (AvgIpc) is 3.18. The van der Waals surface area contributed by atoms with Crippen molar-refractivity contribution in [1.29, 1.82) is 5.41 Å². The molecule has 7 heteroatoms. The molecule has 1 unspecified atom stereocenters. The number of aryl methyl sites for hydroxylation is 1. The molecule has 1 aromatic heterocycles. The maximum absolute atomic E-state index is 11.9. The summed E-state index contributed by atoms with van der Waals surface area (Å²) < 4.78 is 1.72. The van der Waals surface area contributed by atoms with E-state index in [4.69, 9.17) is 17.0 Å². The molecule has 1 aromatic carbocycles. The zero-order valence-corrected chi connectivity index (χ0v) is 20.9. The number of carbonyl (C=O) groups is 1. The van der Waals surface area contributed by atoms with Gasteiger partial charge in [0.05, 0.1) is 12.2 Å². The first kappa shape index (κ1) is 25.9. The van der Waals surface area contributed by atoms with Crippen LogP contribution in [0.4, 0.5) is 5.82 Å². The number of benzene rings is 1. The fraction of sp³-hybridized carbons (Fsp3) is 0.269. The Morgan fingerprint density at radius 1 is 1.24 bits per heavy atom. The third kappa shape index (κ3) is 6.33. The molecule has 2 aromatic rings. The molecule has 33 heavy (non-hydrogen) atoms. The second kappa shape index (κ2) is 11.5. The molecule has 1 atom stereocenters. The van der Waals surface area contributed by atoms with Gasteiger partial charge in [0.25, 0.3) is 0 Å². The second-order valence-electron chi connectivity index (χ2n) is 7.78. The lowest BCUT2D eigenvalue weighted by Crippen LogP contribution is -2.29. The third-order valence-electron chi connectivity index (χ3n) is 5.45. The Bertz CT molecular complexity index is 1120. The lowest BCUT2D eigenvalue weighted by atomic mass is 9.91. The van der Waals surface area contributed by atoms with E-state index in [1.54, 1.807) is 37.7 Å². The number of rotatable bonds is 10. The molecule has 0 fully saturated rings. The number of carbonyl (C=O) groups excluding carboxylic acids is 1. The predicted molar refractivity (Wildman–Crippen MR) is 138 cm³/mol. The van der Waals surface area contributed by atoms with Crippen LogP contribution in [-0.2, 0) is 11.8 Å². The molecule has 2 N–H and O–H groups in total. The van der Waals surface area contributed by atoms with Crippen LogP contribution in [0, 0.1) is 5.41 Å². The maximum atomic E-state index is 11.9. The van der Waals surface area contributed by atoms with E-state index in [1.165, 1.54) is 0 Å². The Morgan fingerprint density at radius 3 is 2.33 bits per heavy atom. The molecule has 0 aliphatic rings. The largest absolute Gasteiger partial charge is 0.364 e. The monoisotopic (exact) mass is 465 g/mol. The number of aromatic nitrogens is 2. The van der Waals surface area contributed by atoms with Crippen LogP contribution >= 0.6 is 11.6 Å². The average molecular weight is 466 g/mol. The van der Waals surface area contributed by atoms with Crippen LogP contribution in [-0.4, -0.2) is 33.2 Å². The molecule has 0 bridgehead atoms. The summed E-state index contributed by atoms with van der Waals surface area (Å²) in [5.74, 6) is 0.786. The van der Waals surface area contributed by atoms with E-state index in [9.17, 15) is 4.79 Å². The van der Waals surface area contributed by atoms with Crippen LogP contribution in [0.3, 0.4) is 0 Å². The van der Waals surface area contributed by atoms with E-state index in [-0.39, 0.29) is 11.8 Å². The van der Waals surface area contributed by atoms with E-state index >= 15 is 0 Å². The highest BCUT2D eigenvalue weighted by Gasteiger charge is 2.27. The second-order valence-corrected chi connectivity index (χ2v) is 8.22. The highest BCUT2D eigenvalue weighted by Crippen LogP contribution is 2.35. The number of allylic oxidation sites excluding steroid dienone is 4. The Hall–Kier alpha value is -3.38. The fourth-order valence-corrected chi connectivity index (χ4v) is 3.63. The van der Waals surface area contributed by atoms with Crippen LogP contribution < -0.4 is 5.32 Å². The van der Waals surface area contributed by atoms with Gasteiger partial charge < -0.3 is 15.6 Å². The number of ketones is 1. The van der Waals surface area contributed by atoms with Gasteiger partial charge in [-0.25, -0.2) is 0 Å². The lowest BCUT2D eigenvalue weighted by molar-refractivity contribution is -0.113. The van der Waals surface area contributed by atoms with Gasteiger partial charge in [-0.2, -0.15) is 5.10 Å². The summed E-state index contributed by atoms with van der Waals surface area (Å²) in [6.07, 6.45) is 7.23. The van der Waals surface area contributed by atoms with Gasteiger partial charge >= 0.3 is 0 Å². The van der Waals surface area contributed by atoms with Gasteiger partial charge in [0.2, 0.25) is 0 Å². The van der Waals surface area contributed by atoms with E-state index in [2.05, 4.69) is 21.9 Å². The summed E-state index contributed by atoms with van der Waals surface area (Å²) in [4.78, 5) is 14.0. The molecule has 0 saturated heterocycles. The van der Waals surface area contributed by atoms with Crippen molar-refractivity contribution in [2.24, 2.45) is 7.05 Å². The van der Waals surface area contributed by atoms with E-state index in [0.717, 1.165) is 22.7 Å². The standard InChI is InChI=1S/C26H32ClN5O/c1-8-22(16-17(3)19(5)33)31(6)26(20-10-12-21(27)13-11-20)25(18(4)28)23(9-2)30-24-14-15-29-32(24)7/h8-16,26,28,30H,2H2,1,3-7H3/b17-16-,22-8+,25-23+,28-18?. The number of Topliss-reactive ketones (excluding diaryl/α,β-unsaturated/α-hetero) is 1. The molecular weight excluding hydrogens is 434 g/mol. The van der Waals surface area contributed by atoms with Crippen molar-refractivity contribution in [3.8, 4) is 0 Å². The van der Waals surface area contributed by atoms with Crippen LogP contribution in [0.25, 0.3) is 0 Å². The van der Waals surface area contributed by atoms with Gasteiger partial charge in [-0.1, -0.05) is 36.4 Å². The molecule has 2 rings (SSSR count). The van der Waals surface area contributed by atoms with Gasteiger partial charge in [0.15, 0.2) is 5.78 Å². The summed E-state index contributed by atoms with van der Waals surface area (Å²) in [5.41, 5.74) is 4.27. The maximum Gasteiger partial charge on any atom is 0.155 e. The first-order chi connectivity index (χ1) is 15.6. The zero-order chi connectivity index (χ0) is 24.7. The summed E-state index contributed by atoms with van der Waals surface area (Å²) in [6, 6.07) is 9.08.